The molecule has 1 aromatic carbocycles. The van der Waals surface area contributed by atoms with E-state index in [9.17, 15) is 9.59 Å². The van der Waals surface area contributed by atoms with Crippen LogP contribution in [0, 0.1) is 5.92 Å². The molecule has 138 valence electrons. The Morgan fingerprint density at radius 1 is 1.27 bits per heavy atom. The molecule has 0 unspecified atom stereocenters. The predicted molar refractivity (Wildman–Crippen MR) is 98.2 cm³/mol. The van der Waals surface area contributed by atoms with Crippen LogP contribution >= 0.6 is 11.6 Å². The van der Waals surface area contributed by atoms with Gasteiger partial charge in [0.25, 0.3) is 5.91 Å². The van der Waals surface area contributed by atoms with Gasteiger partial charge in [-0.2, -0.15) is 0 Å². The highest BCUT2D eigenvalue weighted by Crippen LogP contribution is 2.29. The number of piperidine rings is 1. The second-order valence-corrected chi connectivity index (χ2v) is 6.55. The van der Waals surface area contributed by atoms with Crippen LogP contribution in [0.1, 0.15) is 19.8 Å². The van der Waals surface area contributed by atoms with Crippen LogP contribution in [0.5, 0.6) is 5.75 Å². The maximum atomic E-state index is 12.4. The van der Waals surface area contributed by atoms with E-state index in [0.717, 1.165) is 5.39 Å². The van der Waals surface area contributed by atoms with Crippen molar-refractivity contribution in [3.8, 4) is 5.75 Å². The lowest BCUT2D eigenvalue weighted by Gasteiger charge is -2.30. The van der Waals surface area contributed by atoms with Crippen LogP contribution < -0.4 is 4.74 Å². The number of hydrogen-bond acceptors (Lipinski definition) is 5. The van der Waals surface area contributed by atoms with Crippen LogP contribution in [-0.4, -0.2) is 48.1 Å². The third-order valence-electron chi connectivity index (χ3n) is 4.50. The maximum Gasteiger partial charge on any atom is 0.309 e. The van der Waals surface area contributed by atoms with Gasteiger partial charge in [0.05, 0.1) is 17.5 Å². The normalized spacial score (nSPS) is 15.1. The highest BCUT2D eigenvalue weighted by atomic mass is 35.5. The number of fused-ring (bicyclic) bond motifs is 1. The van der Waals surface area contributed by atoms with Gasteiger partial charge in [0.2, 0.25) is 0 Å². The number of benzene rings is 1. The smallest absolute Gasteiger partial charge is 0.309 e. The Balaban J connectivity index is 1.57. The molecule has 2 heterocycles. The Hall–Kier alpha value is -2.34. The number of esters is 1. The molecular weight excluding hydrogens is 356 g/mol. The maximum absolute atomic E-state index is 12.4. The van der Waals surface area contributed by atoms with E-state index in [-0.39, 0.29) is 24.4 Å². The lowest BCUT2D eigenvalue weighted by atomic mass is 9.97. The van der Waals surface area contributed by atoms with Crippen LogP contribution in [0.4, 0.5) is 0 Å². The van der Waals surface area contributed by atoms with Crippen LogP contribution in [0.25, 0.3) is 10.9 Å². The first-order chi connectivity index (χ1) is 12.6. The number of amides is 1. The SMILES string of the molecule is CCOC(=O)C1CCN(C(=O)COc2ccc(Cl)c3cccnc23)CC1. The number of nitrogens with zero attached hydrogens (tertiary/aromatic N) is 2. The van der Waals surface area contributed by atoms with Crippen LogP contribution in [0.3, 0.4) is 0 Å². The Labute approximate surface area is 157 Å². The van der Waals surface area contributed by atoms with Gasteiger partial charge in [-0.1, -0.05) is 11.6 Å². The number of halogens is 1. The first-order valence-corrected chi connectivity index (χ1v) is 9.08. The van der Waals surface area contributed by atoms with Crippen molar-refractivity contribution in [3.63, 3.8) is 0 Å². The number of pyridine rings is 1. The molecule has 26 heavy (non-hydrogen) atoms. The summed E-state index contributed by atoms with van der Waals surface area (Å²) >= 11 is 6.17. The second kappa shape index (κ2) is 8.36. The molecule has 2 aromatic rings. The molecule has 7 heteroatoms. The Morgan fingerprint density at radius 2 is 2.04 bits per heavy atom. The summed E-state index contributed by atoms with van der Waals surface area (Å²) in [5.41, 5.74) is 0.633. The second-order valence-electron chi connectivity index (χ2n) is 6.14. The molecule has 1 saturated heterocycles. The third kappa shape index (κ3) is 4.07. The van der Waals surface area contributed by atoms with E-state index in [1.807, 2.05) is 6.07 Å². The molecule has 0 N–H and O–H groups in total. The van der Waals surface area contributed by atoms with Gasteiger partial charge < -0.3 is 14.4 Å². The van der Waals surface area contributed by atoms with E-state index in [0.29, 0.717) is 48.8 Å². The van der Waals surface area contributed by atoms with Crippen molar-refractivity contribution in [1.82, 2.24) is 9.88 Å². The molecule has 1 aliphatic rings. The zero-order chi connectivity index (χ0) is 18.5. The Bertz CT molecular complexity index is 803. The van der Waals surface area contributed by atoms with Crippen LogP contribution in [0.15, 0.2) is 30.5 Å². The summed E-state index contributed by atoms with van der Waals surface area (Å²) in [6.07, 6.45) is 2.90. The Morgan fingerprint density at radius 3 is 2.77 bits per heavy atom. The van der Waals surface area contributed by atoms with Crippen molar-refractivity contribution in [2.24, 2.45) is 5.92 Å². The van der Waals surface area contributed by atoms with E-state index in [2.05, 4.69) is 4.98 Å². The first-order valence-electron chi connectivity index (χ1n) is 8.70. The van der Waals surface area contributed by atoms with E-state index >= 15 is 0 Å². The van der Waals surface area contributed by atoms with Gasteiger partial charge >= 0.3 is 5.97 Å². The van der Waals surface area contributed by atoms with Crippen molar-refractivity contribution in [2.45, 2.75) is 19.8 Å². The summed E-state index contributed by atoms with van der Waals surface area (Å²) in [6, 6.07) is 7.12. The minimum atomic E-state index is -0.172. The van der Waals surface area contributed by atoms with E-state index in [4.69, 9.17) is 21.1 Å². The zero-order valence-corrected chi connectivity index (χ0v) is 15.4. The number of rotatable bonds is 5. The van der Waals surface area contributed by atoms with Crippen molar-refractivity contribution in [3.05, 3.63) is 35.5 Å². The highest BCUT2D eigenvalue weighted by molar-refractivity contribution is 6.35. The average molecular weight is 377 g/mol. The van der Waals surface area contributed by atoms with E-state index < -0.39 is 0 Å². The summed E-state index contributed by atoms with van der Waals surface area (Å²) in [7, 11) is 0. The molecule has 0 bridgehead atoms. The molecule has 1 aromatic heterocycles. The number of aromatic nitrogens is 1. The molecule has 1 fully saturated rings. The summed E-state index contributed by atoms with van der Waals surface area (Å²) in [5.74, 6) is 0.130. The van der Waals surface area contributed by atoms with Crippen molar-refractivity contribution in [1.29, 1.82) is 0 Å². The molecule has 1 amide bonds. The summed E-state index contributed by atoms with van der Waals surface area (Å²) in [6.45, 7) is 3.17. The number of carbonyl (C=O) groups is 2. The quantitative estimate of drug-likeness (QED) is 0.750. The number of hydrogen-bond donors (Lipinski definition) is 0. The van der Waals surface area contributed by atoms with Crippen LogP contribution in [-0.2, 0) is 14.3 Å². The summed E-state index contributed by atoms with van der Waals surface area (Å²) in [5, 5.41) is 1.38. The largest absolute Gasteiger partial charge is 0.481 e. The van der Waals surface area contributed by atoms with Crippen molar-refractivity contribution in [2.75, 3.05) is 26.3 Å². The van der Waals surface area contributed by atoms with Gasteiger partial charge in [0, 0.05) is 24.7 Å². The number of likely N-dealkylation sites (tertiary alicyclic amines) is 1. The molecular formula is C19H21ClN2O4. The minimum Gasteiger partial charge on any atom is -0.481 e. The minimum absolute atomic E-state index is 0.0720. The van der Waals surface area contributed by atoms with Gasteiger partial charge in [-0.25, -0.2) is 0 Å². The van der Waals surface area contributed by atoms with Crippen molar-refractivity contribution < 1.29 is 19.1 Å². The molecule has 0 spiro atoms. The topological polar surface area (TPSA) is 68.7 Å². The lowest BCUT2D eigenvalue weighted by Crippen LogP contribution is -2.42. The van der Waals surface area contributed by atoms with E-state index in [1.54, 1.807) is 36.2 Å². The van der Waals surface area contributed by atoms with E-state index in [1.165, 1.54) is 0 Å². The predicted octanol–water partition coefficient (Wildman–Crippen LogP) is 3.07. The molecule has 0 saturated carbocycles. The molecule has 0 radical (unpaired) electrons. The third-order valence-corrected chi connectivity index (χ3v) is 4.83. The number of ether oxygens (including phenoxy) is 2. The molecule has 1 aliphatic heterocycles. The van der Waals surface area contributed by atoms with Gasteiger partial charge in [0.1, 0.15) is 11.3 Å². The lowest BCUT2D eigenvalue weighted by molar-refractivity contribution is -0.151. The summed E-state index contributed by atoms with van der Waals surface area (Å²) in [4.78, 5) is 30.2. The van der Waals surface area contributed by atoms with Gasteiger partial charge in [0.15, 0.2) is 6.61 Å². The molecule has 0 aliphatic carbocycles. The van der Waals surface area contributed by atoms with Gasteiger partial charge in [-0.15, -0.1) is 0 Å². The van der Waals surface area contributed by atoms with Gasteiger partial charge in [-0.05, 0) is 44.0 Å². The fourth-order valence-corrected chi connectivity index (χ4v) is 3.30. The van der Waals surface area contributed by atoms with Gasteiger partial charge in [-0.3, -0.25) is 14.6 Å². The van der Waals surface area contributed by atoms with Crippen LogP contribution in [0.2, 0.25) is 5.02 Å². The van der Waals surface area contributed by atoms with Crippen molar-refractivity contribution >= 4 is 34.4 Å². The molecule has 3 rings (SSSR count). The molecule has 0 atom stereocenters. The monoisotopic (exact) mass is 376 g/mol. The fourth-order valence-electron chi connectivity index (χ4n) is 3.08. The fraction of sp³-hybridized carbons (Fsp3) is 0.421. The standard InChI is InChI=1S/C19H21ClN2O4/c1-2-25-19(24)13-7-10-22(11-8-13)17(23)12-26-16-6-5-15(20)14-4-3-9-21-18(14)16/h3-6,9,13H,2,7-8,10-12H2,1H3. The zero-order valence-electron chi connectivity index (χ0n) is 14.6. The average Bonchev–Trinajstić information content (AvgIpc) is 2.68. The number of carbonyl (C=O) groups excluding carboxylic acids is 2. The Kier molecular flexibility index (Phi) is 5.93. The molecule has 6 nitrogen and oxygen atoms in total. The first kappa shape index (κ1) is 18.5. The summed E-state index contributed by atoms with van der Waals surface area (Å²) < 4.78 is 10.7. The highest BCUT2D eigenvalue weighted by Gasteiger charge is 2.28.